The highest BCUT2D eigenvalue weighted by Crippen LogP contribution is 2.27. The third-order valence-electron chi connectivity index (χ3n) is 2.58. The Labute approximate surface area is 99.1 Å². The quantitative estimate of drug-likeness (QED) is 0.802. The van der Waals surface area contributed by atoms with E-state index in [4.69, 9.17) is 12.2 Å². The number of benzene rings is 1. The molecule has 1 heterocycles. The van der Waals surface area contributed by atoms with Crippen LogP contribution in [-0.4, -0.2) is 9.55 Å². The summed E-state index contributed by atoms with van der Waals surface area (Å²) in [6.45, 7) is 2.12. The highest BCUT2D eigenvalue weighted by molar-refractivity contribution is 5.71. The number of aromatic nitrogens is 2. The van der Waals surface area contributed by atoms with Gasteiger partial charge in [-0.2, -0.15) is 0 Å². The van der Waals surface area contributed by atoms with Crippen molar-refractivity contribution in [2.24, 2.45) is 0 Å². The summed E-state index contributed by atoms with van der Waals surface area (Å²) in [5.74, 6) is 3.22. The van der Waals surface area contributed by atoms with Crippen molar-refractivity contribution in [3.8, 4) is 23.6 Å². The van der Waals surface area contributed by atoms with Crippen LogP contribution in [0.4, 0.5) is 10.2 Å². The molecule has 17 heavy (non-hydrogen) atoms. The Morgan fingerprint density at radius 1 is 1.47 bits per heavy atom. The molecule has 1 aromatic heterocycles. The number of hydrogen-bond acceptors (Lipinski definition) is 2. The Morgan fingerprint density at radius 2 is 2.18 bits per heavy atom. The van der Waals surface area contributed by atoms with Gasteiger partial charge in [0.2, 0.25) is 0 Å². The maximum absolute atomic E-state index is 13.6. The predicted octanol–water partition coefficient (Wildman–Crippen LogP) is 2.21. The zero-order valence-corrected chi connectivity index (χ0v) is 9.44. The van der Waals surface area contributed by atoms with E-state index in [-0.39, 0.29) is 5.82 Å². The lowest BCUT2D eigenvalue weighted by molar-refractivity contribution is 0.631. The normalized spacial score (nSPS) is 10.2. The lowest BCUT2D eigenvalue weighted by Gasteiger charge is -2.03. The molecule has 1 aromatic carbocycles. The van der Waals surface area contributed by atoms with E-state index in [1.165, 1.54) is 6.07 Å². The molecule has 0 bridgehead atoms. The summed E-state index contributed by atoms with van der Waals surface area (Å²) >= 11 is 0. The number of anilines is 1. The Bertz CT molecular complexity index is 593. The first kappa shape index (κ1) is 11.2. The smallest absolute Gasteiger partial charge is 0.132 e. The van der Waals surface area contributed by atoms with Crippen LogP contribution in [0.2, 0.25) is 0 Å². The summed E-state index contributed by atoms with van der Waals surface area (Å²) in [6.07, 6.45) is 5.25. The fraction of sp³-hybridized carbons (Fsp3) is 0.154. The van der Waals surface area contributed by atoms with Crippen LogP contribution < -0.4 is 5.73 Å². The van der Waals surface area contributed by atoms with E-state index in [9.17, 15) is 4.39 Å². The number of aryl methyl sites for hydroxylation is 1. The van der Waals surface area contributed by atoms with Gasteiger partial charge in [0.1, 0.15) is 23.2 Å². The van der Waals surface area contributed by atoms with Crippen LogP contribution in [0, 0.1) is 25.1 Å². The zero-order valence-electron chi connectivity index (χ0n) is 9.44. The summed E-state index contributed by atoms with van der Waals surface area (Å²) in [4.78, 5) is 4.26. The van der Waals surface area contributed by atoms with Crippen molar-refractivity contribution in [2.45, 2.75) is 13.5 Å². The van der Waals surface area contributed by atoms with E-state index < -0.39 is 0 Å². The molecule has 0 amide bonds. The molecule has 3 nitrogen and oxygen atoms in total. The highest BCUT2D eigenvalue weighted by atomic mass is 19.1. The molecule has 0 aliphatic heterocycles. The topological polar surface area (TPSA) is 43.8 Å². The van der Waals surface area contributed by atoms with Crippen molar-refractivity contribution in [1.29, 1.82) is 0 Å². The van der Waals surface area contributed by atoms with Gasteiger partial charge in [0.25, 0.3) is 0 Å². The van der Waals surface area contributed by atoms with Gasteiger partial charge >= 0.3 is 0 Å². The number of nitrogens with two attached hydrogens (primary N) is 1. The van der Waals surface area contributed by atoms with E-state index >= 15 is 0 Å². The van der Waals surface area contributed by atoms with Crippen molar-refractivity contribution in [3.63, 3.8) is 0 Å². The number of nitrogens with zero attached hydrogens (tertiary/aromatic N) is 2. The first-order chi connectivity index (χ1) is 8.15. The Hall–Kier alpha value is -2.28. The van der Waals surface area contributed by atoms with Gasteiger partial charge in [0, 0.05) is 5.56 Å². The number of hydrogen-bond donors (Lipinski definition) is 1. The monoisotopic (exact) mass is 229 g/mol. The van der Waals surface area contributed by atoms with Gasteiger partial charge in [0.05, 0.1) is 6.54 Å². The molecular weight excluding hydrogens is 217 g/mol. The molecule has 0 fully saturated rings. The fourth-order valence-electron chi connectivity index (χ4n) is 1.72. The summed E-state index contributed by atoms with van der Waals surface area (Å²) in [7, 11) is 0. The van der Waals surface area contributed by atoms with Gasteiger partial charge in [-0.3, -0.25) is 0 Å². The van der Waals surface area contributed by atoms with Gasteiger partial charge in [-0.05, 0) is 19.1 Å². The van der Waals surface area contributed by atoms with Crippen LogP contribution in [0.1, 0.15) is 5.82 Å². The van der Waals surface area contributed by atoms with Crippen molar-refractivity contribution in [3.05, 3.63) is 35.9 Å². The summed E-state index contributed by atoms with van der Waals surface area (Å²) < 4.78 is 15.3. The summed E-state index contributed by atoms with van der Waals surface area (Å²) in [5, 5.41) is 0. The molecule has 86 valence electrons. The fourth-order valence-corrected chi connectivity index (χ4v) is 1.72. The minimum atomic E-state index is -0.343. The molecule has 2 N–H and O–H groups in total. The molecule has 0 unspecified atom stereocenters. The van der Waals surface area contributed by atoms with Crippen LogP contribution >= 0.6 is 0 Å². The minimum Gasteiger partial charge on any atom is -0.383 e. The van der Waals surface area contributed by atoms with Crippen LogP contribution in [0.5, 0.6) is 0 Å². The van der Waals surface area contributed by atoms with E-state index in [1.807, 2.05) is 0 Å². The van der Waals surface area contributed by atoms with Gasteiger partial charge in [0.15, 0.2) is 0 Å². The number of terminal acetylenes is 1. The second-order valence-corrected chi connectivity index (χ2v) is 3.66. The van der Waals surface area contributed by atoms with Gasteiger partial charge in [-0.15, -0.1) is 6.42 Å². The second kappa shape index (κ2) is 4.30. The molecule has 0 radical (unpaired) electrons. The van der Waals surface area contributed by atoms with Crippen LogP contribution in [-0.2, 0) is 6.54 Å². The number of imidazole rings is 1. The maximum atomic E-state index is 13.6. The SMILES string of the molecule is C#CCn1c(C)nc(-c2ccccc2F)c1N. The molecule has 0 atom stereocenters. The molecule has 4 heteroatoms. The molecule has 2 aromatic rings. The Balaban J connectivity index is 2.59. The van der Waals surface area contributed by atoms with E-state index in [0.29, 0.717) is 29.4 Å². The minimum absolute atomic E-state index is 0.332. The number of halogens is 1. The predicted molar refractivity (Wildman–Crippen MR) is 65.6 cm³/mol. The largest absolute Gasteiger partial charge is 0.383 e. The van der Waals surface area contributed by atoms with Crippen molar-refractivity contribution >= 4 is 5.82 Å². The molecule has 0 saturated carbocycles. The van der Waals surface area contributed by atoms with Gasteiger partial charge < -0.3 is 10.3 Å². The molecular formula is C13H12FN3. The van der Waals surface area contributed by atoms with E-state index in [0.717, 1.165) is 0 Å². The number of nitrogen functional groups attached to an aromatic ring is 1. The zero-order chi connectivity index (χ0) is 12.4. The second-order valence-electron chi connectivity index (χ2n) is 3.66. The van der Waals surface area contributed by atoms with E-state index in [1.54, 1.807) is 29.7 Å². The molecule has 2 rings (SSSR count). The van der Waals surface area contributed by atoms with Gasteiger partial charge in [-0.25, -0.2) is 9.37 Å². The highest BCUT2D eigenvalue weighted by Gasteiger charge is 2.15. The molecule has 0 saturated heterocycles. The first-order valence-corrected chi connectivity index (χ1v) is 5.16. The molecule has 0 aliphatic rings. The number of rotatable bonds is 2. The lowest BCUT2D eigenvalue weighted by atomic mass is 10.1. The summed E-state index contributed by atoms with van der Waals surface area (Å²) in [6, 6.07) is 6.39. The van der Waals surface area contributed by atoms with Crippen LogP contribution in [0.3, 0.4) is 0 Å². The van der Waals surface area contributed by atoms with Crippen molar-refractivity contribution in [1.82, 2.24) is 9.55 Å². The van der Waals surface area contributed by atoms with Crippen molar-refractivity contribution < 1.29 is 4.39 Å². The summed E-state index contributed by atoms with van der Waals surface area (Å²) in [5.41, 5.74) is 6.76. The molecule has 0 aliphatic carbocycles. The average Bonchev–Trinajstić information content (AvgIpc) is 2.58. The Kier molecular flexibility index (Phi) is 2.84. The van der Waals surface area contributed by atoms with E-state index in [2.05, 4.69) is 10.9 Å². The first-order valence-electron chi connectivity index (χ1n) is 5.16. The van der Waals surface area contributed by atoms with Gasteiger partial charge in [-0.1, -0.05) is 18.1 Å². The Morgan fingerprint density at radius 3 is 2.82 bits per heavy atom. The third-order valence-corrected chi connectivity index (χ3v) is 2.58. The third kappa shape index (κ3) is 1.87. The van der Waals surface area contributed by atoms with Crippen LogP contribution in [0.25, 0.3) is 11.3 Å². The van der Waals surface area contributed by atoms with Crippen LogP contribution in [0.15, 0.2) is 24.3 Å². The average molecular weight is 229 g/mol. The van der Waals surface area contributed by atoms with Crippen molar-refractivity contribution in [2.75, 3.05) is 5.73 Å². The molecule has 0 spiro atoms. The standard InChI is InChI=1S/C13H12FN3/c1-3-8-17-9(2)16-12(13(17)15)10-6-4-5-7-11(10)14/h1,4-7H,8,15H2,2H3. The maximum Gasteiger partial charge on any atom is 0.132 e. The lowest BCUT2D eigenvalue weighted by Crippen LogP contribution is -2.03.